The van der Waals surface area contributed by atoms with Gasteiger partial charge >= 0.3 is 0 Å². The standard InChI is InChI=1S/C17H29N3O2/c1-5-18-17(19-10-11-22-13-12-21-4)20(3)14-16-8-6-15(2)7-9-16/h6-9H,5,10-14H2,1-4H3,(H,18,19). The molecule has 5 heteroatoms. The summed E-state index contributed by atoms with van der Waals surface area (Å²) in [4.78, 5) is 6.72. The molecule has 0 saturated carbocycles. The van der Waals surface area contributed by atoms with Gasteiger partial charge in [0.25, 0.3) is 0 Å². The van der Waals surface area contributed by atoms with Crippen molar-refractivity contribution in [2.75, 3.05) is 47.1 Å². The zero-order valence-electron chi connectivity index (χ0n) is 14.3. The van der Waals surface area contributed by atoms with Gasteiger partial charge in [-0.15, -0.1) is 0 Å². The summed E-state index contributed by atoms with van der Waals surface area (Å²) in [6.45, 7) is 8.34. The first kappa shape index (κ1) is 18.5. The van der Waals surface area contributed by atoms with Crippen LogP contribution < -0.4 is 5.32 Å². The summed E-state index contributed by atoms with van der Waals surface area (Å²) < 4.78 is 10.4. The number of ether oxygens (including phenoxy) is 2. The topological polar surface area (TPSA) is 46.1 Å². The van der Waals surface area contributed by atoms with Gasteiger partial charge in [-0.2, -0.15) is 0 Å². The van der Waals surface area contributed by atoms with Crippen LogP contribution in [0.25, 0.3) is 0 Å². The molecule has 0 amide bonds. The van der Waals surface area contributed by atoms with Gasteiger partial charge in [-0.25, -0.2) is 0 Å². The number of hydrogen-bond acceptors (Lipinski definition) is 3. The van der Waals surface area contributed by atoms with Crippen LogP contribution >= 0.6 is 0 Å². The minimum Gasteiger partial charge on any atom is -0.382 e. The number of nitrogens with one attached hydrogen (secondary N) is 1. The van der Waals surface area contributed by atoms with Crippen LogP contribution in [-0.2, 0) is 16.0 Å². The molecule has 1 aromatic rings. The third-order valence-corrected chi connectivity index (χ3v) is 3.17. The summed E-state index contributed by atoms with van der Waals surface area (Å²) in [5.41, 5.74) is 2.55. The van der Waals surface area contributed by atoms with Crippen LogP contribution in [0, 0.1) is 6.92 Å². The average Bonchev–Trinajstić information content (AvgIpc) is 2.51. The SMILES string of the molecule is CCNC(=NCCOCCOC)N(C)Cc1ccc(C)cc1. The van der Waals surface area contributed by atoms with Crippen molar-refractivity contribution in [3.05, 3.63) is 35.4 Å². The van der Waals surface area contributed by atoms with Crippen LogP contribution in [0.1, 0.15) is 18.1 Å². The highest BCUT2D eigenvalue weighted by Gasteiger charge is 2.06. The monoisotopic (exact) mass is 307 g/mol. The molecule has 0 atom stereocenters. The fourth-order valence-electron chi connectivity index (χ4n) is 1.97. The number of rotatable bonds is 9. The van der Waals surface area contributed by atoms with Crippen LogP contribution in [0.2, 0.25) is 0 Å². The fraction of sp³-hybridized carbons (Fsp3) is 0.588. The summed E-state index contributed by atoms with van der Waals surface area (Å²) in [5.74, 6) is 0.901. The Morgan fingerprint density at radius 1 is 1.18 bits per heavy atom. The van der Waals surface area contributed by atoms with Crippen LogP contribution in [0.15, 0.2) is 29.3 Å². The van der Waals surface area contributed by atoms with E-state index in [1.54, 1.807) is 7.11 Å². The molecular weight excluding hydrogens is 278 g/mol. The number of aryl methyl sites for hydroxylation is 1. The third kappa shape index (κ3) is 7.43. The average molecular weight is 307 g/mol. The Labute approximate surface area is 134 Å². The van der Waals surface area contributed by atoms with E-state index in [0.29, 0.717) is 26.4 Å². The molecule has 0 spiro atoms. The molecule has 0 aliphatic rings. The number of hydrogen-bond donors (Lipinski definition) is 1. The lowest BCUT2D eigenvalue weighted by Gasteiger charge is -2.22. The van der Waals surface area contributed by atoms with Crippen molar-refractivity contribution < 1.29 is 9.47 Å². The van der Waals surface area contributed by atoms with Gasteiger partial charge in [0.15, 0.2) is 5.96 Å². The van der Waals surface area contributed by atoms with Crippen molar-refractivity contribution >= 4 is 5.96 Å². The van der Waals surface area contributed by atoms with Crippen molar-refractivity contribution in [1.82, 2.24) is 10.2 Å². The van der Waals surface area contributed by atoms with E-state index < -0.39 is 0 Å². The summed E-state index contributed by atoms with van der Waals surface area (Å²) in [6.07, 6.45) is 0. The summed E-state index contributed by atoms with van der Waals surface area (Å²) in [6, 6.07) is 8.58. The van der Waals surface area contributed by atoms with Gasteiger partial charge in [0.2, 0.25) is 0 Å². The van der Waals surface area contributed by atoms with E-state index >= 15 is 0 Å². The molecule has 0 aliphatic heterocycles. The van der Waals surface area contributed by atoms with Crippen molar-refractivity contribution in [1.29, 1.82) is 0 Å². The zero-order valence-corrected chi connectivity index (χ0v) is 14.3. The predicted octanol–water partition coefficient (Wildman–Crippen LogP) is 2.06. The maximum Gasteiger partial charge on any atom is 0.194 e. The van der Waals surface area contributed by atoms with Crippen molar-refractivity contribution in [2.24, 2.45) is 4.99 Å². The molecule has 1 N–H and O–H groups in total. The van der Waals surface area contributed by atoms with Crippen molar-refractivity contribution in [2.45, 2.75) is 20.4 Å². The van der Waals surface area contributed by atoms with Gasteiger partial charge in [0.1, 0.15) is 0 Å². The first-order valence-corrected chi connectivity index (χ1v) is 7.79. The van der Waals surface area contributed by atoms with E-state index in [1.807, 2.05) is 7.05 Å². The molecule has 0 unspecified atom stereocenters. The van der Waals surface area contributed by atoms with Gasteiger partial charge in [-0.1, -0.05) is 29.8 Å². The molecule has 1 rings (SSSR count). The Kier molecular flexibility index (Phi) is 9.26. The largest absolute Gasteiger partial charge is 0.382 e. The quantitative estimate of drug-likeness (QED) is 0.431. The molecule has 0 heterocycles. The Morgan fingerprint density at radius 2 is 1.91 bits per heavy atom. The number of benzene rings is 1. The van der Waals surface area contributed by atoms with Gasteiger partial charge in [-0.05, 0) is 19.4 Å². The minimum absolute atomic E-state index is 0.608. The normalized spacial score (nSPS) is 11.5. The lowest BCUT2D eigenvalue weighted by molar-refractivity contribution is 0.0747. The van der Waals surface area contributed by atoms with Crippen LogP contribution in [-0.4, -0.2) is 57.9 Å². The van der Waals surface area contributed by atoms with E-state index in [-0.39, 0.29) is 0 Å². The zero-order chi connectivity index (χ0) is 16.2. The molecule has 0 radical (unpaired) electrons. The molecule has 1 aromatic carbocycles. The molecule has 0 fully saturated rings. The van der Waals surface area contributed by atoms with E-state index in [0.717, 1.165) is 19.0 Å². The molecule has 0 aromatic heterocycles. The molecule has 0 saturated heterocycles. The molecular formula is C17H29N3O2. The van der Waals surface area contributed by atoms with E-state index in [4.69, 9.17) is 9.47 Å². The van der Waals surface area contributed by atoms with E-state index in [1.165, 1.54) is 11.1 Å². The molecule has 22 heavy (non-hydrogen) atoms. The highest BCUT2D eigenvalue weighted by molar-refractivity contribution is 5.79. The van der Waals surface area contributed by atoms with E-state index in [9.17, 15) is 0 Å². The second-order valence-corrected chi connectivity index (χ2v) is 5.18. The maximum atomic E-state index is 5.44. The van der Waals surface area contributed by atoms with Crippen LogP contribution in [0.3, 0.4) is 0 Å². The van der Waals surface area contributed by atoms with Gasteiger partial charge < -0.3 is 19.7 Å². The molecule has 5 nitrogen and oxygen atoms in total. The third-order valence-electron chi connectivity index (χ3n) is 3.17. The minimum atomic E-state index is 0.608. The summed E-state index contributed by atoms with van der Waals surface area (Å²) in [7, 11) is 3.72. The first-order chi connectivity index (χ1) is 10.7. The van der Waals surface area contributed by atoms with Gasteiger partial charge in [0, 0.05) is 27.2 Å². The van der Waals surface area contributed by atoms with Crippen LogP contribution in [0.4, 0.5) is 0 Å². The highest BCUT2D eigenvalue weighted by Crippen LogP contribution is 2.06. The first-order valence-electron chi connectivity index (χ1n) is 7.79. The number of methoxy groups -OCH3 is 1. The Hall–Kier alpha value is -1.59. The number of aliphatic imine (C=N–C) groups is 1. The Bertz CT molecular complexity index is 432. The van der Waals surface area contributed by atoms with Crippen molar-refractivity contribution in [3.8, 4) is 0 Å². The van der Waals surface area contributed by atoms with Crippen LogP contribution in [0.5, 0.6) is 0 Å². The summed E-state index contributed by atoms with van der Waals surface area (Å²) in [5, 5.41) is 3.31. The fourth-order valence-corrected chi connectivity index (χ4v) is 1.97. The Balaban J connectivity index is 2.47. The second kappa shape index (κ2) is 11.0. The lowest BCUT2D eigenvalue weighted by atomic mass is 10.1. The number of guanidine groups is 1. The lowest BCUT2D eigenvalue weighted by Crippen LogP contribution is -2.38. The summed E-state index contributed by atoms with van der Waals surface area (Å²) >= 11 is 0. The Morgan fingerprint density at radius 3 is 2.55 bits per heavy atom. The number of nitrogens with zero attached hydrogens (tertiary/aromatic N) is 2. The smallest absolute Gasteiger partial charge is 0.194 e. The maximum absolute atomic E-state index is 5.44. The highest BCUT2D eigenvalue weighted by atomic mass is 16.5. The van der Waals surface area contributed by atoms with Crippen molar-refractivity contribution in [3.63, 3.8) is 0 Å². The second-order valence-electron chi connectivity index (χ2n) is 5.18. The van der Waals surface area contributed by atoms with Gasteiger partial charge in [-0.3, -0.25) is 4.99 Å². The van der Waals surface area contributed by atoms with Gasteiger partial charge in [0.05, 0.1) is 26.4 Å². The predicted molar refractivity (Wildman–Crippen MR) is 91.3 cm³/mol. The molecule has 0 bridgehead atoms. The molecule has 124 valence electrons. The van der Waals surface area contributed by atoms with E-state index in [2.05, 4.69) is 53.3 Å². The molecule has 0 aliphatic carbocycles.